The molecule has 1 aromatic carbocycles. The molecular formula is C15H22ClN3O2. The SMILES string of the molecule is CC(C)c1ccc(CNC(=O)[C@@H](N)CCC(N)=O)cc1Cl. The Bertz CT molecular complexity index is 518. The Morgan fingerprint density at radius 1 is 1.33 bits per heavy atom. The van der Waals surface area contributed by atoms with Gasteiger partial charge in [-0.1, -0.05) is 37.6 Å². The predicted molar refractivity (Wildman–Crippen MR) is 83.8 cm³/mol. The van der Waals surface area contributed by atoms with Crippen LogP contribution in [0.4, 0.5) is 0 Å². The van der Waals surface area contributed by atoms with Gasteiger partial charge in [-0.25, -0.2) is 0 Å². The summed E-state index contributed by atoms with van der Waals surface area (Å²) in [7, 11) is 0. The highest BCUT2D eigenvalue weighted by Gasteiger charge is 2.14. The number of carbonyl (C=O) groups is 2. The molecule has 0 aliphatic heterocycles. The lowest BCUT2D eigenvalue weighted by atomic mass is 10.0. The van der Waals surface area contributed by atoms with Crippen molar-refractivity contribution < 1.29 is 9.59 Å². The molecule has 0 bridgehead atoms. The zero-order valence-electron chi connectivity index (χ0n) is 12.4. The number of hydrogen-bond donors (Lipinski definition) is 3. The summed E-state index contributed by atoms with van der Waals surface area (Å²) in [5.74, 6) is -0.419. The number of nitrogens with one attached hydrogen (secondary N) is 1. The molecule has 0 heterocycles. The van der Waals surface area contributed by atoms with Gasteiger partial charge in [0.1, 0.15) is 0 Å². The van der Waals surface area contributed by atoms with E-state index in [0.717, 1.165) is 11.1 Å². The molecule has 0 fully saturated rings. The average Bonchev–Trinajstić information content (AvgIpc) is 2.41. The molecule has 0 aromatic heterocycles. The highest BCUT2D eigenvalue weighted by atomic mass is 35.5. The highest BCUT2D eigenvalue weighted by Crippen LogP contribution is 2.25. The van der Waals surface area contributed by atoms with Crippen molar-refractivity contribution >= 4 is 23.4 Å². The third kappa shape index (κ3) is 5.73. The Morgan fingerprint density at radius 2 is 2.00 bits per heavy atom. The molecule has 1 aromatic rings. The molecule has 5 N–H and O–H groups in total. The fourth-order valence-electron chi connectivity index (χ4n) is 1.90. The van der Waals surface area contributed by atoms with E-state index in [0.29, 0.717) is 17.5 Å². The molecule has 2 amide bonds. The monoisotopic (exact) mass is 311 g/mol. The smallest absolute Gasteiger partial charge is 0.237 e. The summed E-state index contributed by atoms with van der Waals surface area (Å²) in [6.07, 6.45) is 0.345. The van der Waals surface area contributed by atoms with Crippen LogP contribution in [0.25, 0.3) is 0 Å². The molecule has 0 spiro atoms. The number of rotatable bonds is 7. The van der Waals surface area contributed by atoms with Crippen LogP contribution >= 0.6 is 11.6 Å². The van der Waals surface area contributed by atoms with Crippen molar-refractivity contribution in [2.24, 2.45) is 11.5 Å². The molecule has 1 atom stereocenters. The van der Waals surface area contributed by atoms with E-state index in [4.69, 9.17) is 23.1 Å². The van der Waals surface area contributed by atoms with Gasteiger partial charge in [-0.2, -0.15) is 0 Å². The van der Waals surface area contributed by atoms with Gasteiger partial charge >= 0.3 is 0 Å². The summed E-state index contributed by atoms with van der Waals surface area (Å²) in [4.78, 5) is 22.4. The van der Waals surface area contributed by atoms with Crippen LogP contribution in [0.3, 0.4) is 0 Å². The standard InChI is InChI=1S/C15H22ClN3O2/c1-9(2)11-4-3-10(7-12(11)16)8-19-15(21)13(17)5-6-14(18)20/h3-4,7,9,13H,5-6,8,17H2,1-2H3,(H2,18,20)(H,19,21)/t13-/m0/s1. The molecule has 116 valence electrons. The lowest BCUT2D eigenvalue weighted by Gasteiger charge is -2.13. The molecule has 0 aliphatic rings. The maximum atomic E-state index is 11.8. The minimum atomic E-state index is -0.733. The fourth-order valence-corrected chi connectivity index (χ4v) is 2.32. The number of nitrogens with two attached hydrogens (primary N) is 2. The van der Waals surface area contributed by atoms with E-state index in [1.807, 2.05) is 18.2 Å². The maximum absolute atomic E-state index is 11.8. The molecule has 0 unspecified atom stereocenters. The second kappa shape index (κ2) is 8.00. The van der Waals surface area contributed by atoms with Gasteiger partial charge in [0.05, 0.1) is 6.04 Å². The fraction of sp³-hybridized carbons (Fsp3) is 0.467. The molecule has 6 heteroatoms. The largest absolute Gasteiger partial charge is 0.370 e. The summed E-state index contributed by atoms with van der Waals surface area (Å²) < 4.78 is 0. The van der Waals surface area contributed by atoms with Crippen LogP contribution in [0.15, 0.2) is 18.2 Å². The van der Waals surface area contributed by atoms with Crippen molar-refractivity contribution in [1.82, 2.24) is 5.32 Å². The number of amides is 2. The Hall–Kier alpha value is -1.59. The van der Waals surface area contributed by atoms with Crippen molar-refractivity contribution in [3.05, 3.63) is 34.3 Å². The zero-order valence-corrected chi connectivity index (χ0v) is 13.1. The van der Waals surface area contributed by atoms with Crippen LogP contribution in [0.5, 0.6) is 0 Å². The predicted octanol–water partition coefficient (Wildman–Crippen LogP) is 1.67. The van der Waals surface area contributed by atoms with Crippen molar-refractivity contribution in [2.75, 3.05) is 0 Å². The Labute approximate surface area is 130 Å². The normalized spacial score (nSPS) is 12.2. The van der Waals surface area contributed by atoms with Gasteiger partial charge in [0, 0.05) is 18.0 Å². The molecule has 0 radical (unpaired) electrons. The van der Waals surface area contributed by atoms with Crippen molar-refractivity contribution in [3.8, 4) is 0 Å². The second-order valence-corrected chi connectivity index (χ2v) is 5.75. The van der Waals surface area contributed by atoms with Gasteiger partial charge in [0.2, 0.25) is 11.8 Å². The van der Waals surface area contributed by atoms with Crippen LogP contribution in [0.2, 0.25) is 5.02 Å². The lowest BCUT2D eigenvalue weighted by Crippen LogP contribution is -2.40. The first-order valence-corrected chi connectivity index (χ1v) is 7.29. The Kier molecular flexibility index (Phi) is 6.65. The van der Waals surface area contributed by atoms with E-state index >= 15 is 0 Å². The van der Waals surface area contributed by atoms with Crippen LogP contribution < -0.4 is 16.8 Å². The van der Waals surface area contributed by atoms with Crippen LogP contribution in [-0.4, -0.2) is 17.9 Å². The van der Waals surface area contributed by atoms with E-state index in [-0.39, 0.29) is 18.7 Å². The van der Waals surface area contributed by atoms with Gasteiger partial charge < -0.3 is 16.8 Å². The first-order chi connectivity index (χ1) is 9.81. The second-order valence-electron chi connectivity index (χ2n) is 5.34. The molecule has 0 aliphatic carbocycles. The van der Waals surface area contributed by atoms with Crippen LogP contribution in [0, 0.1) is 0 Å². The van der Waals surface area contributed by atoms with Gasteiger partial charge in [-0.3, -0.25) is 9.59 Å². The van der Waals surface area contributed by atoms with Gasteiger partial charge in [0.15, 0.2) is 0 Å². The van der Waals surface area contributed by atoms with Crippen molar-refractivity contribution in [1.29, 1.82) is 0 Å². The molecule has 1 rings (SSSR count). The van der Waals surface area contributed by atoms with E-state index in [2.05, 4.69) is 19.2 Å². The number of halogens is 1. The van der Waals surface area contributed by atoms with E-state index < -0.39 is 11.9 Å². The maximum Gasteiger partial charge on any atom is 0.237 e. The molecule has 0 saturated heterocycles. The highest BCUT2D eigenvalue weighted by molar-refractivity contribution is 6.31. The summed E-state index contributed by atoms with van der Waals surface area (Å²) in [5, 5.41) is 3.41. The minimum absolute atomic E-state index is 0.101. The number of hydrogen-bond acceptors (Lipinski definition) is 3. The first-order valence-electron chi connectivity index (χ1n) is 6.91. The van der Waals surface area contributed by atoms with Gasteiger partial charge in [-0.05, 0) is 29.5 Å². The van der Waals surface area contributed by atoms with Gasteiger partial charge in [-0.15, -0.1) is 0 Å². The summed E-state index contributed by atoms with van der Waals surface area (Å²) in [6.45, 7) is 4.49. The third-order valence-corrected chi connectivity index (χ3v) is 3.52. The minimum Gasteiger partial charge on any atom is -0.370 e. The average molecular weight is 312 g/mol. The van der Waals surface area contributed by atoms with E-state index in [1.54, 1.807) is 0 Å². The Morgan fingerprint density at radius 3 is 2.52 bits per heavy atom. The van der Waals surface area contributed by atoms with E-state index in [1.165, 1.54) is 0 Å². The molecule has 0 saturated carbocycles. The number of carbonyl (C=O) groups excluding carboxylic acids is 2. The zero-order chi connectivity index (χ0) is 16.0. The lowest BCUT2D eigenvalue weighted by molar-refractivity contribution is -0.123. The Balaban J connectivity index is 2.53. The molecular weight excluding hydrogens is 290 g/mol. The van der Waals surface area contributed by atoms with Crippen LogP contribution in [-0.2, 0) is 16.1 Å². The van der Waals surface area contributed by atoms with E-state index in [9.17, 15) is 9.59 Å². The summed E-state index contributed by atoms with van der Waals surface area (Å²) >= 11 is 6.20. The van der Waals surface area contributed by atoms with Crippen molar-refractivity contribution in [3.63, 3.8) is 0 Å². The van der Waals surface area contributed by atoms with Crippen LogP contribution in [0.1, 0.15) is 43.7 Å². The molecule has 5 nitrogen and oxygen atoms in total. The quantitative estimate of drug-likeness (QED) is 0.714. The number of primary amides is 1. The molecule has 21 heavy (non-hydrogen) atoms. The third-order valence-electron chi connectivity index (χ3n) is 3.19. The summed E-state index contributed by atoms with van der Waals surface area (Å²) in [6, 6.07) is 4.99. The van der Waals surface area contributed by atoms with Crippen molar-refractivity contribution in [2.45, 2.75) is 45.2 Å². The number of benzene rings is 1. The topological polar surface area (TPSA) is 98.2 Å². The summed E-state index contributed by atoms with van der Waals surface area (Å²) in [5.41, 5.74) is 12.7. The van der Waals surface area contributed by atoms with Gasteiger partial charge in [0.25, 0.3) is 0 Å². The first kappa shape index (κ1) is 17.5.